The zero-order valence-corrected chi connectivity index (χ0v) is 11.5. The molecule has 0 unspecified atom stereocenters. The van der Waals surface area contributed by atoms with Gasteiger partial charge in [-0.2, -0.15) is 0 Å². The van der Waals surface area contributed by atoms with Crippen molar-refractivity contribution in [3.05, 3.63) is 81.5 Å². The summed E-state index contributed by atoms with van der Waals surface area (Å²) in [7, 11) is 0. The van der Waals surface area contributed by atoms with Gasteiger partial charge in [0.2, 0.25) is 6.20 Å². The molecule has 0 aliphatic heterocycles. The first-order valence-corrected chi connectivity index (χ1v) is 6.43. The average molecular weight is 299 g/mol. The van der Waals surface area contributed by atoms with Gasteiger partial charge in [-0.15, -0.1) is 0 Å². The van der Waals surface area contributed by atoms with Crippen molar-refractivity contribution in [1.82, 2.24) is 0 Å². The van der Waals surface area contributed by atoms with Crippen LogP contribution in [0.1, 0.15) is 21.5 Å². The summed E-state index contributed by atoms with van der Waals surface area (Å²) in [5, 5.41) is 19.7. The maximum atomic E-state index is 12.0. The first-order valence-electron chi connectivity index (χ1n) is 6.43. The number of aliphatic hydroxyl groups excluding tert-OH is 1. The molecule has 0 heterocycles. The summed E-state index contributed by atoms with van der Waals surface area (Å²) in [5.74, 6) is -0.321. The Balaban J connectivity index is 2.21. The molecular formula is C16H13NO5. The van der Waals surface area contributed by atoms with Crippen LogP contribution in [-0.2, 0) is 6.61 Å². The minimum atomic E-state index is -0.581. The van der Waals surface area contributed by atoms with Gasteiger partial charge in [0.05, 0.1) is 17.1 Å². The quantitative estimate of drug-likeness (QED) is 0.397. The Morgan fingerprint density at radius 1 is 1.23 bits per heavy atom. The fourth-order valence-electron chi connectivity index (χ4n) is 1.81. The number of hydrogen-bond acceptors (Lipinski definition) is 5. The van der Waals surface area contributed by atoms with Crippen LogP contribution in [0.4, 0.5) is 0 Å². The smallest absolute Gasteiger partial charge is 0.343 e. The van der Waals surface area contributed by atoms with E-state index >= 15 is 0 Å². The lowest BCUT2D eigenvalue weighted by molar-refractivity contribution is -0.400. The predicted molar refractivity (Wildman–Crippen MR) is 79.8 cm³/mol. The zero-order valence-electron chi connectivity index (χ0n) is 11.5. The molecule has 0 spiro atoms. The number of rotatable bonds is 5. The summed E-state index contributed by atoms with van der Waals surface area (Å²) >= 11 is 0. The van der Waals surface area contributed by atoms with Crippen molar-refractivity contribution < 1.29 is 19.6 Å². The summed E-state index contributed by atoms with van der Waals surface area (Å²) in [6.07, 6.45) is 2.09. The number of hydrogen-bond donors (Lipinski definition) is 1. The third-order valence-corrected chi connectivity index (χ3v) is 2.86. The van der Waals surface area contributed by atoms with E-state index in [1.165, 1.54) is 18.2 Å². The summed E-state index contributed by atoms with van der Waals surface area (Å²) in [4.78, 5) is 21.7. The van der Waals surface area contributed by atoms with Gasteiger partial charge in [0, 0.05) is 11.6 Å². The van der Waals surface area contributed by atoms with Crippen molar-refractivity contribution in [2.75, 3.05) is 0 Å². The van der Waals surface area contributed by atoms with Crippen LogP contribution in [0.3, 0.4) is 0 Å². The number of nitrogens with zero attached hydrogens (tertiary/aromatic N) is 1. The molecule has 22 heavy (non-hydrogen) atoms. The van der Waals surface area contributed by atoms with Gasteiger partial charge in [0.1, 0.15) is 5.75 Å². The van der Waals surface area contributed by atoms with E-state index < -0.39 is 10.9 Å². The molecule has 2 aromatic rings. The normalized spacial score (nSPS) is 10.6. The molecule has 0 aliphatic carbocycles. The molecule has 0 aliphatic rings. The van der Waals surface area contributed by atoms with Crippen molar-refractivity contribution in [3.8, 4) is 5.75 Å². The Morgan fingerprint density at radius 2 is 1.95 bits per heavy atom. The maximum absolute atomic E-state index is 12.0. The first-order chi connectivity index (χ1) is 10.6. The van der Waals surface area contributed by atoms with Crippen molar-refractivity contribution in [3.63, 3.8) is 0 Å². The molecule has 0 saturated carbocycles. The molecule has 1 N–H and O–H groups in total. The highest BCUT2D eigenvalue weighted by atomic mass is 16.6. The second-order valence-corrected chi connectivity index (χ2v) is 4.38. The van der Waals surface area contributed by atoms with Crippen LogP contribution >= 0.6 is 0 Å². The van der Waals surface area contributed by atoms with Crippen LogP contribution in [-0.4, -0.2) is 16.0 Å². The Bertz CT molecular complexity index is 710. The third-order valence-electron chi connectivity index (χ3n) is 2.86. The Kier molecular flexibility index (Phi) is 5.00. The minimum Gasteiger partial charge on any atom is -0.423 e. The van der Waals surface area contributed by atoms with Crippen LogP contribution in [0.25, 0.3) is 6.08 Å². The molecule has 0 aromatic heterocycles. The Morgan fingerprint density at radius 3 is 2.59 bits per heavy atom. The highest BCUT2D eigenvalue weighted by molar-refractivity contribution is 5.91. The summed E-state index contributed by atoms with van der Waals surface area (Å²) in [6.45, 7) is -0.350. The largest absolute Gasteiger partial charge is 0.423 e. The molecule has 0 bridgehead atoms. The SMILES string of the molecule is O=C(Oc1ccc(/C=C/[N+](=O)[O-])cc1CO)c1ccccc1. The second-order valence-electron chi connectivity index (χ2n) is 4.38. The number of carbonyl (C=O) groups excluding carboxylic acids is 1. The van der Waals surface area contributed by atoms with Crippen LogP contribution in [0, 0.1) is 10.1 Å². The highest BCUT2D eigenvalue weighted by Crippen LogP contribution is 2.22. The van der Waals surface area contributed by atoms with Crippen LogP contribution in [0.15, 0.2) is 54.7 Å². The van der Waals surface area contributed by atoms with E-state index in [9.17, 15) is 20.0 Å². The van der Waals surface area contributed by atoms with Gasteiger partial charge < -0.3 is 9.84 Å². The lowest BCUT2D eigenvalue weighted by atomic mass is 10.1. The molecule has 6 heteroatoms. The van der Waals surface area contributed by atoms with E-state index in [4.69, 9.17) is 4.74 Å². The number of ether oxygens (including phenoxy) is 1. The van der Waals surface area contributed by atoms with Gasteiger partial charge in [-0.25, -0.2) is 4.79 Å². The summed E-state index contributed by atoms with van der Waals surface area (Å²) in [6, 6.07) is 13.0. The number of esters is 1. The fraction of sp³-hybridized carbons (Fsp3) is 0.0625. The molecule has 6 nitrogen and oxygen atoms in total. The molecular weight excluding hydrogens is 286 g/mol. The minimum absolute atomic E-state index is 0.217. The molecule has 112 valence electrons. The molecule has 0 fully saturated rings. The molecule has 0 atom stereocenters. The molecule has 2 rings (SSSR count). The van der Waals surface area contributed by atoms with Gasteiger partial charge in [0.25, 0.3) is 0 Å². The molecule has 0 amide bonds. The topological polar surface area (TPSA) is 89.7 Å². The Hall–Kier alpha value is -2.99. The van der Waals surface area contributed by atoms with Gasteiger partial charge >= 0.3 is 5.97 Å². The van der Waals surface area contributed by atoms with Gasteiger partial charge in [-0.05, 0) is 29.8 Å². The standard InChI is InChI=1S/C16H13NO5/c18-11-14-10-12(8-9-17(20)21)6-7-15(14)22-16(19)13-4-2-1-3-5-13/h1-10,18H,11H2/b9-8+. The van der Waals surface area contributed by atoms with Crippen molar-refractivity contribution in [2.24, 2.45) is 0 Å². The van der Waals surface area contributed by atoms with E-state index in [-0.39, 0.29) is 12.4 Å². The number of nitro groups is 1. The maximum Gasteiger partial charge on any atom is 0.343 e. The van der Waals surface area contributed by atoms with Crippen molar-refractivity contribution in [1.29, 1.82) is 0 Å². The zero-order chi connectivity index (χ0) is 15.9. The number of carbonyl (C=O) groups is 1. The van der Waals surface area contributed by atoms with Crippen LogP contribution < -0.4 is 4.74 Å². The van der Waals surface area contributed by atoms with E-state index in [0.29, 0.717) is 16.7 Å². The van der Waals surface area contributed by atoms with Crippen LogP contribution in [0.5, 0.6) is 5.75 Å². The number of aliphatic hydroxyl groups is 1. The van der Waals surface area contributed by atoms with E-state index in [2.05, 4.69) is 0 Å². The van der Waals surface area contributed by atoms with Gasteiger partial charge in [-0.1, -0.05) is 24.3 Å². The predicted octanol–water partition coefficient (Wildman–Crippen LogP) is 2.65. The fourth-order valence-corrected chi connectivity index (χ4v) is 1.81. The molecule has 0 saturated heterocycles. The Labute approximate surface area is 126 Å². The highest BCUT2D eigenvalue weighted by Gasteiger charge is 2.11. The summed E-state index contributed by atoms with van der Waals surface area (Å²) in [5.41, 5.74) is 1.29. The van der Waals surface area contributed by atoms with Gasteiger partial charge in [-0.3, -0.25) is 10.1 Å². The lowest BCUT2D eigenvalue weighted by Gasteiger charge is -2.09. The second kappa shape index (κ2) is 7.14. The van der Waals surface area contributed by atoms with E-state index in [0.717, 1.165) is 6.20 Å². The van der Waals surface area contributed by atoms with E-state index in [1.54, 1.807) is 36.4 Å². The lowest BCUT2D eigenvalue weighted by Crippen LogP contribution is -2.09. The average Bonchev–Trinajstić information content (AvgIpc) is 2.54. The third kappa shape index (κ3) is 4.00. The number of benzene rings is 2. The molecule has 0 radical (unpaired) electrons. The molecule has 2 aromatic carbocycles. The van der Waals surface area contributed by atoms with E-state index in [1.807, 2.05) is 0 Å². The van der Waals surface area contributed by atoms with Gasteiger partial charge in [0.15, 0.2) is 0 Å². The first kappa shape index (κ1) is 15.4. The van der Waals surface area contributed by atoms with Crippen LogP contribution in [0.2, 0.25) is 0 Å². The van der Waals surface area contributed by atoms with Crippen molar-refractivity contribution >= 4 is 12.0 Å². The monoisotopic (exact) mass is 299 g/mol. The van der Waals surface area contributed by atoms with Crippen molar-refractivity contribution in [2.45, 2.75) is 6.61 Å². The summed E-state index contributed by atoms with van der Waals surface area (Å²) < 4.78 is 5.25.